The Labute approximate surface area is 172 Å². The smallest absolute Gasteiger partial charge is 0.159 e. The first-order valence-electron chi connectivity index (χ1n) is 9.61. The van der Waals surface area contributed by atoms with Gasteiger partial charge in [0.05, 0.1) is 29.2 Å². The predicted molar refractivity (Wildman–Crippen MR) is 118 cm³/mol. The molecular formula is C22H22BrN5. The third-order valence-corrected chi connectivity index (χ3v) is 6.00. The van der Waals surface area contributed by atoms with Gasteiger partial charge in [0.25, 0.3) is 0 Å². The molecule has 6 heteroatoms. The Balaban J connectivity index is 1.70. The van der Waals surface area contributed by atoms with E-state index in [4.69, 9.17) is 10.1 Å². The minimum absolute atomic E-state index is 0.742. The molecule has 1 fully saturated rings. The number of piperazine rings is 1. The zero-order valence-electron chi connectivity index (χ0n) is 15.8. The molecule has 2 aromatic heterocycles. The molecule has 0 aliphatic carbocycles. The molecular weight excluding hydrogens is 414 g/mol. The number of rotatable bonds is 3. The van der Waals surface area contributed by atoms with Crippen LogP contribution in [0.2, 0.25) is 0 Å². The molecule has 0 radical (unpaired) electrons. The van der Waals surface area contributed by atoms with Crippen molar-refractivity contribution in [2.45, 2.75) is 6.54 Å². The Hall–Kier alpha value is -2.44. The van der Waals surface area contributed by atoms with Crippen molar-refractivity contribution < 1.29 is 0 Å². The van der Waals surface area contributed by atoms with Gasteiger partial charge in [-0.15, -0.1) is 0 Å². The van der Waals surface area contributed by atoms with Crippen LogP contribution in [0, 0.1) is 0 Å². The Morgan fingerprint density at radius 2 is 1.79 bits per heavy atom. The standard InChI is InChI=1S/C22H22BrN5/c1-26-9-11-27(12-10-26)22-21-18-13-17(23)7-8-19(18)24-14-20(21)28(25-22)15-16-5-3-2-4-6-16/h2-8,13-14H,9-12,15H2,1H3. The van der Waals surface area contributed by atoms with E-state index in [0.29, 0.717) is 0 Å². The number of nitrogens with zero attached hydrogens (tertiary/aromatic N) is 5. The number of halogens is 1. The second-order valence-electron chi connectivity index (χ2n) is 7.44. The number of fused-ring (bicyclic) bond motifs is 3. The fourth-order valence-electron chi connectivity index (χ4n) is 3.92. The molecule has 3 heterocycles. The topological polar surface area (TPSA) is 37.2 Å². The second kappa shape index (κ2) is 7.18. The lowest BCUT2D eigenvalue weighted by atomic mass is 10.1. The van der Waals surface area contributed by atoms with Crippen molar-refractivity contribution in [3.8, 4) is 0 Å². The average Bonchev–Trinajstić information content (AvgIpc) is 3.08. The van der Waals surface area contributed by atoms with E-state index < -0.39 is 0 Å². The number of anilines is 1. The zero-order valence-corrected chi connectivity index (χ0v) is 17.4. The normalized spacial score (nSPS) is 15.6. The summed E-state index contributed by atoms with van der Waals surface area (Å²) in [6, 6.07) is 16.8. The molecule has 4 aromatic rings. The highest BCUT2D eigenvalue weighted by atomic mass is 79.9. The lowest BCUT2D eigenvalue weighted by Crippen LogP contribution is -2.44. The minimum Gasteiger partial charge on any atom is -0.352 e. The molecule has 28 heavy (non-hydrogen) atoms. The molecule has 0 N–H and O–H groups in total. The fraction of sp³-hybridized carbons (Fsp3) is 0.273. The van der Waals surface area contributed by atoms with Crippen LogP contribution in [0.4, 0.5) is 5.82 Å². The van der Waals surface area contributed by atoms with E-state index in [1.54, 1.807) is 0 Å². The molecule has 1 aliphatic heterocycles. The lowest BCUT2D eigenvalue weighted by Gasteiger charge is -2.32. The minimum atomic E-state index is 0.742. The van der Waals surface area contributed by atoms with Crippen molar-refractivity contribution in [2.75, 3.05) is 38.1 Å². The van der Waals surface area contributed by atoms with Crippen LogP contribution in [0.15, 0.2) is 59.2 Å². The van der Waals surface area contributed by atoms with Gasteiger partial charge in [-0.3, -0.25) is 9.67 Å². The molecule has 0 saturated carbocycles. The van der Waals surface area contributed by atoms with Gasteiger partial charge in [-0.2, -0.15) is 5.10 Å². The summed E-state index contributed by atoms with van der Waals surface area (Å²) in [5, 5.41) is 7.44. The predicted octanol–water partition coefficient (Wildman–Crippen LogP) is 4.15. The van der Waals surface area contributed by atoms with Crippen LogP contribution in [0.25, 0.3) is 21.8 Å². The average molecular weight is 436 g/mol. The van der Waals surface area contributed by atoms with Gasteiger partial charge in [0.1, 0.15) is 0 Å². The van der Waals surface area contributed by atoms with Gasteiger partial charge < -0.3 is 9.80 Å². The largest absolute Gasteiger partial charge is 0.352 e. The van der Waals surface area contributed by atoms with Crippen molar-refractivity contribution in [1.82, 2.24) is 19.7 Å². The maximum absolute atomic E-state index is 5.08. The van der Waals surface area contributed by atoms with Crippen LogP contribution < -0.4 is 4.90 Å². The van der Waals surface area contributed by atoms with Crippen LogP contribution in [-0.4, -0.2) is 52.9 Å². The van der Waals surface area contributed by atoms with Crippen LogP contribution in [0.3, 0.4) is 0 Å². The summed E-state index contributed by atoms with van der Waals surface area (Å²) < 4.78 is 3.17. The van der Waals surface area contributed by atoms with Gasteiger partial charge in [0, 0.05) is 36.0 Å². The molecule has 0 atom stereocenters. The third kappa shape index (κ3) is 3.16. The summed E-state index contributed by atoms with van der Waals surface area (Å²) in [7, 11) is 2.18. The Morgan fingerprint density at radius 1 is 1.00 bits per heavy atom. The van der Waals surface area contributed by atoms with Gasteiger partial charge in [-0.1, -0.05) is 46.3 Å². The van der Waals surface area contributed by atoms with E-state index in [-0.39, 0.29) is 0 Å². The number of aromatic nitrogens is 3. The molecule has 1 saturated heterocycles. The van der Waals surface area contributed by atoms with Crippen LogP contribution in [0.1, 0.15) is 5.56 Å². The first-order chi connectivity index (χ1) is 13.7. The number of likely N-dealkylation sites (N-methyl/N-ethyl adjacent to an activating group) is 1. The molecule has 0 unspecified atom stereocenters. The fourth-order valence-corrected chi connectivity index (χ4v) is 4.28. The second-order valence-corrected chi connectivity index (χ2v) is 8.35. The van der Waals surface area contributed by atoms with Crippen LogP contribution in [0.5, 0.6) is 0 Å². The van der Waals surface area contributed by atoms with Gasteiger partial charge in [-0.05, 0) is 30.8 Å². The molecule has 0 amide bonds. The van der Waals surface area contributed by atoms with Gasteiger partial charge >= 0.3 is 0 Å². The van der Waals surface area contributed by atoms with E-state index in [9.17, 15) is 0 Å². The van der Waals surface area contributed by atoms with Gasteiger partial charge in [-0.25, -0.2) is 0 Å². The third-order valence-electron chi connectivity index (χ3n) is 5.51. The van der Waals surface area contributed by atoms with E-state index >= 15 is 0 Å². The Morgan fingerprint density at radius 3 is 2.57 bits per heavy atom. The summed E-state index contributed by atoms with van der Waals surface area (Å²) in [5.74, 6) is 1.07. The highest BCUT2D eigenvalue weighted by Crippen LogP contribution is 2.34. The number of hydrogen-bond acceptors (Lipinski definition) is 4. The number of pyridine rings is 1. The van der Waals surface area contributed by atoms with Crippen molar-refractivity contribution in [1.29, 1.82) is 0 Å². The zero-order chi connectivity index (χ0) is 19.1. The Kier molecular flexibility index (Phi) is 4.53. The summed E-state index contributed by atoms with van der Waals surface area (Å²) in [5.41, 5.74) is 3.33. The molecule has 2 aromatic carbocycles. The molecule has 0 spiro atoms. The highest BCUT2D eigenvalue weighted by molar-refractivity contribution is 9.10. The van der Waals surface area contributed by atoms with Crippen LogP contribution >= 0.6 is 15.9 Å². The summed E-state index contributed by atoms with van der Waals surface area (Å²) in [4.78, 5) is 9.51. The van der Waals surface area contributed by atoms with E-state index in [2.05, 4.69) is 73.9 Å². The highest BCUT2D eigenvalue weighted by Gasteiger charge is 2.22. The molecule has 0 bridgehead atoms. The number of hydrogen-bond donors (Lipinski definition) is 0. The summed E-state index contributed by atoms with van der Waals surface area (Å²) >= 11 is 3.63. The SMILES string of the molecule is CN1CCN(c2nn(Cc3ccccc3)c3cnc4ccc(Br)cc4c23)CC1. The molecule has 1 aliphatic rings. The van der Waals surface area contributed by atoms with E-state index in [1.165, 1.54) is 10.9 Å². The lowest BCUT2D eigenvalue weighted by molar-refractivity contribution is 0.312. The quantitative estimate of drug-likeness (QED) is 0.484. The van der Waals surface area contributed by atoms with Gasteiger partial charge in [0.2, 0.25) is 0 Å². The maximum Gasteiger partial charge on any atom is 0.159 e. The first-order valence-corrected chi connectivity index (χ1v) is 10.4. The van der Waals surface area contributed by atoms with Crippen molar-refractivity contribution >= 4 is 43.6 Å². The monoisotopic (exact) mass is 435 g/mol. The van der Waals surface area contributed by atoms with Crippen molar-refractivity contribution in [2.24, 2.45) is 0 Å². The summed E-state index contributed by atoms with van der Waals surface area (Å²) in [6.07, 6.45) is 1.97. The molecule has 5 nitrogen and oxygen atoms in total. The Bertz CT molecular complexity index is 1130. The van der Waals surface area contributed by atoms with Gasteiger partial charge in [0.15, 0.2) is 5.82 Å². The van der Waals surface area contributed by atoms with Crippen LogP contribution in [-0.2, 0) is 6.54 Å². The first kappa shape index (κ1) is 17.6. The van der Waals surface area contributed by atoms with E-state index in [1.807, 2.05) is 18.3 Å². The molecule has 5 rings (SSSR count). The molecule has 142 valence electrons. The van der Waals surface area contributed by atoms with Crippen molar-refractivity contribution in [3.05, 3.63) is 64.8 Å². The number of benzene rings is 2. The summed E-state index contributed by atoms with van der Waals surface area (Å²) in [6.45, 7) is 4.84. The maximum atomic E-state index is 5.08. The van der Waals surface area contributed by atoms with E-state index in [0.717, 1.165) is 59.4 Å². The van der Waals surface area contributed by atoms with Crippen molar-refractivity contribution in [3.63, 3.8) is 0 Å².